The molecular formula is C9H21NOS. The van der Waals surface area contributed by atoms with Gasteiger partial charge in [-0.3, -0.25) is 0 Å². The van der Waals surface area contributed by atoms with E-state index in [2.05, 4.69) is 12.2 Å². The number of aliphatic hydroxyl groups is 1. The molecule has 1 unspecified atom stereocenters. The summed E-state index contributed by atoms with van der Waals surface area (Å²) >= 11 is 1.98. The molecule has 0 heterocycles. The number of hydrogen-bond acceptors (Lipinski definition) is 3. The first-order valence-corrected chi connectivity index (χ1v) is 5.89. The molecule has 0 radical (unpaired) electrons. The van der Waals surface area contributed by atoms with Gasteiger partial charge in [0.05, 0.1) is 6.10 Å². The Balaban J connectivity index is 2.82. The van der Waals surface area contributed by atoms with E-state index >= 15 is 0 Å². The zero-order valence-electron chi connectivity index (χ0n) is 8.18. The lowest BCUT2D eigenvalue weighted by molar-refractivity contribution is 0.184. The maximum Gasteiger partial charge on any atom is 0.0524 e. The molecule has 0 aliphatic carbocycles. The first-order valence-electron chi connectivity index (χ1n) is 4.74. The summed E-state index contributed by atoms with van der Waals surface area (Å²) in [5.41, 5.74) is 0. The number of hydrogen-bond donors (Lipinski definition) is 2. The van der Waals surface area contributed by atoms with E-state index < -0.39 is 0 Å². The van der Waals surface area contributed by atoms with Crippen LogP contribution in [0.25, 0.3) is 0 Å². The van der Waals surface area contributed by atoms with Crippen LogP contribution in [-0.2, 0) is 0 Å². The largest absolute Gasteiger partial charge is 0.393 e. The standard InChI is InChI=1S/C9H21NOS/c1-3-12-8-4-6-10-7-5-9(2)11/h9-11H,3-8H2,1-2H3. The topological polar surface area (TPSA) is 32.3 Å². The van der Waals surface area contributed by atoms with Crippen LogP contribution in [0.4, 0.5) is 0 Å². The van der Waals surface area contributed by atoms with Crippen molar-refractivity contribution in [2.75, 3.05) is 24.6 Å². The average Bonchev–Trinajstić information content (AvgIpc) is 2.02. The molecule has 0 aromatic rings. The fourth-order valence-corrected chi connectivity index (χ4v) is 1.52. The SMILES string of the molecule is CCSCCCNCCC(C)O. The Labute approximate surface area is 80.1 Å². The maximum atomic E-state index is 8.95. The summed E-state index contributed by atoms with van der Waals surface area (Å²) in [7, 11) is 0. The van der Waals surface area contributed by atoms with Crippen LogP contribution < -0.4 is 5.32 Å². The Morgan fingerprint density at radius 1 is 1.42 bits per heavy atom. The molecule has 0 aliphatic rings. The smallest absolute Gasteiger partial charge is 0.0524 e. The minimum atomic E-state index is -0.164. The van der Waals surface area contributed by atoms with Crippen molar-refractivity contribution in [3.63, 3.8) is 0 Å². The predicted octanol–water partition coefficient (Wildman–Crippen LogP) is 1.49. The van der Waals surface area contributed by atoms with Gasteiger partial charge in [-0.15, -0.1) is 0 Å². The summed E-state index contributed by atoms with van der Waals surface area (Å²) in [6.07, 6.45) is 1.93. The van der Waals surface area contributed by atoms with Crippen molar-refractivity contribution in [3.8, 4) is 0 Å². The van der Waals surface area contributed by atoms with Crippen LogP contribution in [0.1, 0.15) is 26.7 Å². The molecule has 0 saturated carbocycles. The van der Waals surface area contributed by atoms with Crippen molar-refractivity contribution in [2.24, 2.45) is 0 Å². The molecule has 2 nitrogen and oxygen atoms in total. The second-order valence-corrected chi connectivity index (χ2v) is 4.33. The molecule has 0 amide bonds. The van der Waals surface area contributed by atoms with Gasteiger partial charge in [-0.1, -0.05) is 6.92 Å². The molecule has 0 bridgehead atoms. The van der Waals surface area contributed by atoms with Gasteiger partial charge in [0, 0.05) is 0 Å². The van der Waals surface area contributed by atoms with Crippen LogP contribution in [0, 0.1) is 0 Å². The number of aliphatic hydroxyl groups excluding tert-OH is 1. The summed E-state index contributed by atoms with van der Waals surface area (Å²) in [4.78, 5) is 0. The maximum absolute atomic E-state index is 8.95. The molecule has 0 spiro atoms. The van der Waals surface area contributed by atoms with Crippen molar-refractivity contribution < 1.29 is 5.11 Å². The normalized spacial score (nSPS) is 13.2. The Morgan fingerprint density at radius 3 is 2.75 bits per heavy atom. The molecule has 2 N–H and O–H groups in total. The molecule has 0 aromatic carbocycles. The highest BCUT2D eigenvalue weighted by molar-refractivity contribution is 7.99. The van der Waals surface area contributed by atoms with E-state index in [1.165, 1.54) is 17.9 Å². The summed E-state index contributed by atoms with van der Waals surface area (Å²) in [6.45, 7) is 6.04. The number of rotatable bonds is 8. The van der Waals surface area contributed by atoms with E-state index in [0.717, 1.165) is 19.5 Å². The zero-order chi connectivity index (χ0) is 9.23. The molecule has 12 heavy (non-hydrogen) atoms. The van der Waals surface area contributed by atoms with Gasteiger partial charge in [0.2, 0.25) is 0 Å². The monoisotopic (exact) mass is 191 g/mol. The molecule has 0 fully saturated rings. The molecule has 74 valence electrons. The van der Waals surface area contributed by atoms with Crippen molar-refractivity contribution in [1.29, 1.82) is 0 Å². The van der Waals surface area contributed by atoms with Gasteiger partial charge in [-0.25, -0.2) is 0 Å². The first kappa shape index (κ1) is 12.3. The Morgan fingerprint density at radius 2 is 2.17 bits per heavy atom. The summed E-state index contributed by atoms with van der Waals surface area (Å²) in [5.74, 6) is 2.46. The van der Waals surface area contributed by atoms with Crippen LogP contribution >= 0.6 is 11.8 Å². The van der Waals surface area contributed by atoms with Gasteiger partial charge in [0.25, 0.3) is 0 Å². The lowest BCUT2D eigenvalue weighted by Gasteiger charge is -2.05. The summed E-state index contributed by atoms with van der Waals surface area (Å²) < 4.78 is 0. The summed E-state index contributed by atoms with van der Waals surface area (Å²) in [6, 6.07) is 0. The number of nitrogens with one attached hydrogen (secondary N) is 1. The van der Waals surface area contributed by atoms with Gasteiger partial charge in [-0.2, -0.15) is 11.8 Å². The van der Waals surface area contributed by atoms with E-state index in [0.29, 0.717) is 0 Å². The third-order valence-electron chi connectivity index (χ3n) is 1.59. The van der Waals surface area contributed by atoms with Gasteiger partial charge in [0.15, 0.2) is 0 Å². The van der Waals surface area contributed by atoms with Crippen molar-refractivity contribution in [2.45, 2.75) is 32.8 Å². The van der Waals surface area contributed by atoms with Crippen LogP contribution in [-0.4, -0.2) is 35.8 Å². The van der Waals surface area contributed by atoms with Crippen LogP contribution in [0.5, 0.6) is 0 Å². The average molecular weight is 191 g/mol. The third-order valence-corrected chi connectivity index (χ3v) is 2.57. The van der Waals surface area contributed by atoms with Gasteiger partial charge in [-0.05, 0) is 44.4 Å². The van der Waals surface area contributed by atoms with Crippen molar-refractivity contribution in [3.05, 3.63) is 0 Å². The predicted molar refractivity (Wildman–Crippen MR) is 56.8 cm³/mol. The fourth-order valence-electron chi connectivity index (χ4n) is 0.880. The number of thioether (sulfide) groups is 1. The van der Waals surface area contributed by atoms with E-state index in [1.54, 1.807) is 0 Å². The minimum Gasteiger partial charge on any atom is -0.393 e. The van der Waals surface area contributed by atoms with Crippen molar-refractivity contribution in [1.82, 2.24) is 5.32 Å². The fraction of sp³-hybridized carbons (Fsp3) is 1.00. The van der Waals surface area contributed by atoms with Crippen LogP contribution in [0.15, 0.2) is 0 Å². The second-order valence-electron chi connectivity index (χ2n) is 2.94. The zero-order valence-corrected chi connectivity index (χ0v) is 8.99. The van der Waals surface area contributed by atoms with E-state index in [1.807, 2.05) is 18.7 Å². The Bertz CT molecular complexity index is 88.6. The molecule has 0 aromatic heterocycles. The minimum absolute atomic E-state index is 0.164. The molecule has 1 atom stereocenters. The van der Waals surface area contributed by atoms with E-state index in [9.17, 15) is 0 Å². The van der Waals surface area contributed by atoms with Crippen molar-refractivity contribution >= 4 is 11.8 Å². The summed E-state index contributed by atoms with van der Waals surface area (Å²) in [5, 5.41) is 12.3. The molecule has 0 saturated heterocycles. The van der Waals surface area contributed by atoms with Crippen LogP contribution in [0.3, 0.4) is 0 Å². The van der Waals surface area contributed by atoms with E-state index in [4.69, 9.17) is 5.11 Å². The third kappa shape index (κ3) is 10.3. The molecule has 0 rings (SSSR count). The van der Waals surface area contributed by atoms with Gasteiger partial charge >= 0.3 is 0 Å². The van der Waals surface area contributed by atoms with Gasteiger partial charge < -0.3 is 10.4 Å². The highest BCUT2D eigenvalue weighted by Crippen LogP contribution is 1.99. The lowest BCUT2D eigenvalue weighted by atomic mass is 10.3. The second kappa shape index (κ2) is 9.36. The quantitative estimate of drug-likeness (QED) is 0.570. The Hall–Kier alpha value is 0.270. The highest BCUT2D eigenvalue weighted by Gasteiger charge is 1.93. The first-order chi connectivity index (χ1) is 5.77. The highest BCUT2D eigenvalue weighted by atomic mass is 32.2. The molecule has 3 heteroatoms. The molecular weight excluding hydrogens is 170 g/mol. The molecule has 0 aliphatic heterocycles. The lowest BCUT2D eigenvalue weighted by Crippen LogP contribution is -2.20. The Kier molecular flexibility index (Phi) is 9.57. The van der Waals surface area contributed by atoms with E-state index in [-0.39, 0.29) is 6.10 Å². The van der Waals surface area contributed by atoms with Crippen LogP contribution in [0.2, 0.25) is 0 Å². The van der Waals surface area contributed by atoms with Gasteiger partial charge in [0.1, 0.15) is 0 Å².